The second kappa shape index (κ2) is 19.1. The Morgan fingerprint density at radius 2 is 1.27 bits per heavy atom. The van der Waals surface area contributed by atoms with E-state index in [9.17, 15) is 19.2 Å². The minimum atomic E-state index is -0.903. The maximum Gasteiger partial charge on any atom is 0.333 e. The number of benzene rings is 4. The van der Waals surface area contributed by atoms with Gasteiger partial charge in [-0.05, 0) is 78.7 Å². The van der Waals surface area contributed by atoms with E-state index in [0.717, 1.165) is 25.8 Å². The van der Waals surface area contributed by atoms with Crippen molar-refractivity contribution in [3.8, 4) is 17.1 Å². The predicted octanol–water partition coefficient (Wildman–Crippen LogP) is 7.70. The second-order valence-corrected chi connectivity index (χ2v) is 13.7. The third kappa shape index (κ3) is 10.3. The summed E-state index contributed by atoms with van der Waals surface area (Å²) in [5.74, 6) is -0.212. The number of esters is 2. The van der Waals surface area contributed by atoms with Crippen molar-refractivity contribution in [2.45, 2.75) is 17.8 Å². The zero-order chi connectivity index (χ0) is 37.8. The van der Waals surface area contributed by atoms with Gasteiger partial charge in [0.2, 0.25) is 0 Å². The van der Waals surface area contributed by atoms with Crippen LogP contribution in [0.1, 0.15) is 27.6 Å². The molecule has 2 heterocycles. The minimum Gasteiger partial charge on any atom is -0.497 e. The molecule has 0 bridgehead atoms. The van der Waals surface area contributed by atoms with Crippen molar-refractivity contribution in [2.75, 3.05) is 21.3 Å². The van der Waals surface area contributed by atoms with E-state index >= 15 is 0 Å². The quantitative estimate of drug-likeness (QED) is 0.123. The van der Waals surface area contributed by atoms with Crippen molar-refractivity contribution in [2.24, 2.45) is 0 Å². The third-order valence-corrected chi connectivity index (χ3v) is 9.48. The molecule has 0 saturated heterocycles. The van der Waals surface area contributed by atoms with E-state index in [1.807, 2.05) is 79.7 Å². The summed E-state index contributed by atoms with van der Waals surface area (Å²) in [7, 11) is 4.22. The Balaban J connectivity index is 0.000000195. The molecule has 6 aromatic rings. The van der Waals surface area contributed by atoms with Crippen LogP contribution in [0, 0.1) is 6.92 Å². The highest BCUT2D eigenvalue weighted by atomic mass is 79.9. The number of hydrogen-bond acceptors (Lipinski definition) is 7. The Morgan fingerprint density at radius 3 is 1.81 bits per heavy atom. The van der Waals surface area contributed by atoms with Crippen LogP contribution in [-0.4, -0.2) is 52.0 Å². The number of halogens is 3. The number of rotatable bonds is 8. The first-order valence-corrected chi connectivity index (χ1v) is 18.0. The Kier molecular flexibility index (Phi) is 14.6. The highest BCUT2D eigenvalue weighted by molar-refractivity contribution is 9.10. The lowest BCUT2D eigenvalue weighted by atomic mass is 10.1. The van der Waals surface area contributed by atoms with Crippen molar-refractivity contribution in [1.82, 2.24) is 18.7 Å². The van der Waals surface area contributed by atoms with E-state index in [-0.39, 0.29) is 22.2 Å². The number of nitrogens with zero attached hydrogens (tertiary/aromatic N) is 3. The Hall–Kier alpha value is -4.92. The van der Waals surface area contributed by atoms with E-state index in [2.05, 4.69) is 57.5 Å². The highest BCUT2D eigenvalue weighted by Gasteiger charge is 2.26. The molecule has 1 N–H and O–H groups in total. The van der Waals surface area contributed by atoms with Crippen LogP contribution in [-0.2, 0) is 19.1 Å². The monoisotopic (exact) mass is 896 g/mol. The molecule has 14 heteroatoms. The molecular formula is C38H35Br3N4O7. The Bertz CT molecular complexity index is 2210. The van der Waals surface area contributed by atoms with Gasteiger partial charge in [-0.15, -0.1) is 0 Å². The van der Waals surface area contributed by atoms with Crippen LogP contribution in [0.5, 0.6) is 5.75 Å². The number of hydrogen-bond donors (Lipinski definition) is 1. The van der Waals surface area contributed by atoms with Crippen molar-refractivity contribution in [3.05, 3.63) is 168 Å². The number of imidazole rings is 2. The maximum absolute atomic E-state index is 12.9. The number of ether oxygens (including phenoxy) is 3. The predicted molar refractivity (Wildman–Crippen MR) is 210 cm³/mol. The molecule has 0 amide bonds. The standard InChI is InChI=1S/C19H17BrN2O4.C10H11BrO2.C9H7BrN2O/c1-25-16-5-3-4-13(12-16)17(18(23)26-2)22-11-10-21(19(22)24)15-8-6-14(20)7-9-15;1-7-4-3-5-8(6-7)9(11)10(12)13-2;10-7-1-3-8(4-2-7)12-6-5-11-9(12)13/h3-12,17H,1-2H3;3-6,9H,1-2H3;1-6H,(H,11,13). The van der Waals surface area contributed by atoms with Gasteiger partial charge in [-0.2, -0.15) is 0 Å². The van der Waals surface area contributed by atoms with Gasteiger partial charge in [0.15, 0.2) is 6.04 Å². The van der Waals surface area contributed by atoms with Crippen LogP contribution in [0.4, 0.5) is 0 Å². The largest absolute Gasteiger partial charge is 0.497 e. The van der Waals surface area contributed by atoms with Gasteiger partial charge >= 0.3 is 23.3 Å². The van der Waals surface area contributed by atoms with Gasteiger partial charge in [0.1, 0.15) is 10.6 Å². The van der Waals surface area contributed by atoms with Crippen LogP contribution in [0.15, 0.2) is 140 Å². The van der Waals surface area contributed by atoms with Crippen LogP contribution in [0.2, 0.25) is 0 Å². The topological polar surface area (TPSA) is 127 Å². The zero-order valence-corrected chi connectivity index (χ0v) is 33.3. The first-order valence-electron chi connectivity index (χ1n) is 15.5. The van der Waals surface area contributed by atoms with Gasteiger partial charge in [0, 0.05) is 33.7 Å². The number of methoxy groups -OCH3 is 3. The highest BCUT2D eigenvalue weighted by Crippen LogP contribution is 2.25. The number of carbonyl (C=O) groups excluding carboxylic acids is 2. The fourth-order valence-corrected chi connectivity index (χ4v) is 5.91. The van der Waals surface area contributed by atoms with Gasteiger partial charge in [-0.3, -0.25) is 18.5 Å². The molecule has 0 aliphatic heterocycles. The molecule has 270 valence electrons. The number of alkyl halides is 1. The summed E-state index contributed by atoms with van der Waals surface area (Å²) in [6.45, 7) is 1.99. The fourth-order valence-electron chi connectivity index (χ4n) is 4.91. The summed E-state index contributed by atoms with van der Waals surface area (Å²) in [6, 6.07) is 28.7. The van der Waals surface area contributed by atoms with E-state index in [4.69, 9.17) is 9.47 Å². The molecule has 0 spiro atoms. The van der Waals surface area contributed by atoms with Crippen LogP contribution in [0.25, 0.3) is 11.4 Å². The van der Waals surface area contributed by atoms with Gasteiger partial charge < -0.3 is 19.2 Å². The van der Waals surface area contributed by atoms with Gasteiger partial charge in [-0.25, -0.2) is 14.4 Å². The Morgan fingerprint density at radius 1 is 0.692 bits per heavy atom. The molecule has 0 fully saturated rings. The Labute approximate surface area is 325 Å². The molecule has 52 heavy (non-hydrogen) atoms. The molecular weight excluding hydrogens is 864 g/mol. The third-order valence-electron chi connectivity index (χ3n) is 7.52. The summed E-state index contributed by atoms with van der Waals surface area (Å²) in [6.07, 6.45) is 6.52. The van der Waals surface area contributed by atoms with Crippen molar-refractivity contribution < 1.29 is 23.8 Å². The summed E-state index contributed by atoms with van der Waals surface area (Å²) < 4.78 is 21.1. The number of aromatic nitrogens is 4. The molecule has 0 aliphatic rings. The first-order chi connectivity index (χ1) is 25.0. The number of carbonyl (C=O) groups is 2. The lowest BCUT2D eigenvalue weighted by Gasteiger charge is -2.16. The number of aryl methyl sites for hydroxylation is 1. The molecule has 4 aromatic carbocycles. The second-order valence-electron chi connectivity index (χ2n) is 10.9. The normalized spacial score (nSPS) is 11.5. The van der Waals surface area contributed by atoms with Crippen molar-refractivity contribution >= 4 is 59.7 Å². The molecule has 0 saturated carbocycles. The molecule has 6 rings (SSSR count). The number of H-pyrrole nitrogens is 1. The molecule has 2 unspecified atom stereocenters. The molecule has 2 atom stereocenters. The molecule has 0 radical (unpaired) electrons. The average Bonchev–Trinajstić information content (AvgIpc) is 3.77. The SMILES string of the molecule is COC(=O)C(Br)c1cccc(C)c1.COC(=O)C(c1cccc(OC)c1)n1ccn(-c2ccc(Br)cc2)c1=O.O=c1[nH]ccn1-c1ccc(Br)cc1. The molecule has 11 nitrogen and oxygen atoms in total. The minimum absolute atomic E-state index is 0.123. The number of aromatic amines is 1. The zero-order valence-electron chi connectivity index (χ0n) is 28.5. The fraction of sp³-hybridized carbons (Fsp3) is 0.158. The lowest BCUT2D eigenvalue weighted by molar-refractivity contribution is -0.143. The van der Waals surface area contributed by atoms with Gasteiger partial charge in [-0.1, -0.05) is 89.8 Å². The molecule has 2 aromatic heterocycles. The van der Waals surface area contributed by atoms with Gasteiger partial charge in [0.25, 0.3) is 0 Å². The lowest BCUT2D eigenvalue weighted by Crippen LogP contribution is -2.32. The first kappa shape index (κ1) is 39.9. The van der Waals surface area contributed by atoms with Gasteiger partial charge in [0.05, 0.1) is 32.7 Å². The maximum atomic E-state index is 12.9. The summed E-state index contributed by atoms with van der Waals surface area (Å²) >= 11 is 9.98. The van der Waals surface area contributed by atoms with E-state index in [0.29, 0.717) is 17.0 Å². The van der Waals surface area contributed by atoms with E-state index in [1.54, 1.807) is 60.7 Å². The van der Waals surface area contributed by atoms with E-state index in [1.165, 1.54) is 23.4 Å². The smallest absolute Gasteiger partial charge is 0.333 e. The summed E-state index contributed by atoms with van der Waals surface area (Å²) in [5, 5.41) is 0. The number of nitrogens with one attached hydrogen (secondary N) is 1. The van der Waals surface area contributed by atoms with Crippen LogP contribution in [0.3, 0.4) is 0 Å². The van der Waals surface area contributed by atoms with Crippen molar-refractivity contribution in [1.29, 1.82) is 0 Å². The van der Waals surface area contributed by atoms with Crippen LogP contribution >= 0.6 is 47.8 Å². The summed E-state index contributed by atoms with van der Waals surface area (Å²) in [5.41, 5.74) is 3.75. The molecule has 0 aliphatic carbocycles. The van der Waals surface area contributed by atoms with Crippen LogP contribution < -0.4 is 16.1 Å². The average molecular weight is 899 g/mol. The van der Waals surface area contributed by atoms with E-state index < -0.39 is 12.0 Å². The van der Waals surface area contributed by atoms with Crippen molar-refractivity contribution in [3.63, 3.8) is 0 Å². The summed E-state index contributed by atoms with van der Waals surface area (Å²) in [4.78, 5) is 49.9.